The molecule has 0 amide bonds. The largest absolute Gasteiger partial charge is 0.490 e. The van der Waals surface area contributed by atoms with Crippen LogP contribution in [0.5, 0.6) is 11.5 Å². The fraction of sp³-hybridized carbons (Fsp3) is 0.455. The quantitative estimate of drug-likeness (QED) is 0.286. The molecular formula is C22H26Br2N2O6. The van der Waals surface area contributed by atoms with Crippen molar-refractivity contribution in [1.82, 2.24) is 0 Å². The van der Waals surface area contributed by atoms with Crippen LogP contribution in [0.2, 0.25) is 0 Å². The molecular weight excluding hydrogens is 548 g/mol. The second-order valence-corrected chi connectivity index (χ2v) is 9.12. The number of nitrogens with two attached hydrogens (primary N) is 1. The second-order valence-electron chi connectivity index (χ2n) is 7.41. The molecule has 32 heavy (non-hydrogen) atoms. The summed E-state index contributed by atoms with van der Waals surface area (Å²) in [5.41, 5.74) is 6.50. The van der Waals surface area contributed by atoms with Crippen LogP contribution in [0.4, 0.5) is 11.4 Å². The number of nitro benzene ring substituents is 1. The van der Waals surface area contributed by atoms with Crippen molar-refractivity contribution < 1.29 is 23.9 Å². The number of anilines is 1. The fourth-order valence-electron chi connectivity index (χ4n) is 3.27. The van der Waals surface area contributed by atoms with Crippen molar-refractivity contribution in [2.24, 2.45) is 0 Å². The van der Waals surface area contributed by atoms with Crippen molar-refractivity contribution in [1.29, 1.82) is 0 Å². The Kier molecular flexibility index (Phi) is 9.58. The van der Waals surface area contributed by atoms with E-state index in [-0.39, 0.29) is 17.9 Å². The molecule has 8 nitrogen and oxygen atoms in total. The third-order valence-corrected chi connectivity index (χ3v) is 6.42. The normalized spacial score (nSPS) is 17.2. The Balaban J connectivity index is 0.000000182. The molecule has 0 atom stereocenters. The lowest BCUT2D eigenvalue weighted by atomic mass is 10.1. The summed E-state index contributed by atoms with van der Waals surface area (Å²) in [6.45, 7) is 2.94. The molecule has 2 aromatic carbocycles. The molecule has 10 heteroatoms. The Bertz CT molecular complexity index is 902. The highest BCUT2D eigenvalue weighted by atomic mass is 79.9. The zero-order valence-electron chi connectivity index (χ0n) is 17.5. The van der Waals surface area contributed by atoms with Gasteiger partial charge in [0, 0.05) is 41.9 Å². The molecule has 2 fully saturated rings. The molecule has 2 saturated heterocycles. The van der Waals surface area contributed by atoms with Gasteiger partial charge in [-0.3, -0.25) is 10.1 Å². The van der Waals surface area contributed by atoms with E-state index < -0.39 is 4.92 Å². The van der Waals surface area contributed by atoms with Gasteiger partial charge in [-0.2, -0.15) is 0 Å². The van der Waals surface area contributed by atoms with Gasteiger partial charge in [-0.25, -0.2) is 0 Å². The number of nitrogen functional groups attached to an aromatic ring is 1. The Labute approximate surface area is 203 Å². The number of halogens is 2. The van der Waals surface area contributed by atoms with Gasteiger partial charge in [0.05, 0.1) is 41.9 Å². The maximum atomic E-state index is 10.8. The highest BCUT2D eigenvalue weighted by Gasteiger charge is 2.18. The molecule has 2 aliphatic heterocycles. The molecule has 4 rings (SSSR count). The van der Waals surface area contributed by atoms with Gasteiger partial charge in [0.1, 0.15) is 23.7 Å². The molecule has 2 N–H and O–H groups in total. The number of nitro groups is 1. The summed E-state index contributed by atoms with van der Waals surface area (Å²) < 4.78 is 23.4. The van der Waals surface area contributed by atoms with Gasteiger partial charge < -0.3 is 24.7 Å². The molecule has 2 heterocycles. The maximum absolute atomic E-state index is 10.8. The number of rotatable bonds is 5. The van der Waals surface area contributed by atoms with Crippen LogP contribution in [-0.4, -0.2) is 43.6 Å². The summed E-state index contributed by atoms with van der Waals surface area (Å²) in [6, 6.07) is 10.5. The molecule has 0 radical (unpaired) electrons. The number of hydrogen-bond donors (Lipinski definition) is 1. The zero-order valence-corrected chi connectivity index (χ0v) is 20.7. The summed E-state index contributed by atoms with van der Waals surface area (Å²) in [6.07, 6.45) is 3.91. The first-order chi connectivity index (χ1) is 15.4. The average Bonchev–Trinajstić information content (AvgIpc) is 2.79. The van der Waals surface area contributed by atoms with Crippen LogP contribution in [-0.2, 0) is 9.47 Å². The van der Waals surface area contributed by atoms with Gasteiger partial charge >= 0.3 is 0 Å². The molecule has 2 aliphatic rings. The van der Waals surface area contributed by atoms with Crippen LogP contribution in [0.15, 0.2) is 45.3 Å². The first-order valence-electron chi connectivity index (χ1n) is 10.4. The molecule has 0 bridgehead atoms. The van der Waals surface area contributed by atoms with E-state index in [0.29, 0.717) is 29.1 Å². The highest BCUT2D eigenvalue weighted by molar-refractivity contribution is 9.11. The molecule has 0 aliphatic carbocycles. The fourth-order valence-corrected chi connectivity index (χ4v) is 3.91. The third-order valence-electron chi connectivity index (χ3n) is 5.02. The third kappa shape index (κ3) is 7.61. The smallest absolute Gasteiger partial charge is 0.287 e. The van der Waals surface area contributed by atoms with Crippen LogP contribution in [0.1, 0.15) is 25.7 Å². The molecule has 174 valence electrons. The Morgan fingerprint density at radius 2 is 1.31 bits per heavy atom. The Morgan fingerprint density at radius 3 is 1.78 bits per heavy atom. The van der Waals surface area contributed by atoms with Crippen molar-refractivity contribution in [2.45, 2.75) is 37.9 Å². The highest BCUT2D eigenvalue weighted by Crippen LogP contribution is 2.30. The van der Waals surface area contributed by atoms with E-state index in [2.05, 4.69) is 31.9 Å². The van der Waals surface area contributed by atoms with Gasteiger partial charge in [0.25, 0.3) is 5.69 Å². The van der Waals surface area contributed by atoms with Crippen LogP contribution in [0, 0.1) is 10.1 Å². The topological polar surface area (TPSA) is 106 Å². The predicted octanol–water partition coefficient (Wildman–Crippen LogP) is 5.50. The lowest BCUT2D eigenvalue weighted by Crippen LogP contribution is -2.25. The van der Waals surface area contributed by atoms with E-state index in [9.17, 15) is 10.1 Å². The van der Waals surface area contributed by atoms with Crippen molar-refractivity contribution in [3.05, 3.63) is 55.5 Å². The first-order valence-corrected chi connectivity index (χ1v) is 12.0. The standard InChI is InChI=1S/C11H12BrNO4.C11H14BrNO2/c12-10-2-1-9(7-11(10)13(14)15)17-8-3-5-16-6-4-8;12-10-2-1-9(7-11(10)13)15-8-3-5-14-6-4-8/h1-2,7-8H,3-6H2;1-2,7-8H,3-6,13H2. The summed E-state index contributed by atoms with van der Waals surface area (Å²) in [7, 11) is 0. The minimum atomic E-state index is -0.430. The zero-order chi connectivity index (χ0) is 22.9. The minimum absolute atomic E-state index is 0.0227. The van der Waals surface area contributed by atoms with Gasteiger partial charge in [-0.05, 0) is 56.1 Å². The van der Waals surface area contributed by atoms with Crippen molar-refractivity contribution in [2.75, 3.05) is 32.2 Å². The summed E-state index contributed by atoms with van der Waals surface area (Å²) in [5, 5.41) is 10.8. The number of ether oxygens (including phenoxy) is 4. The van der Waals surface area contributed by atoms with Gasteiger partial charge in [-0.1, -0.05) is 0 Å². The van der Waals surface area contributed by atoms with Gasteiger partial charge in [0.15, 0.2) is 0 Å². The molecule has 0 unspecified atom stereocenters. The van der Waals surface area contributed by atoms with E-state index in [1.54, 1.807) is 12.1 Å². The molecule has 0 aromatic heterocycles. The minimum Gasteiger partial charge on any atom is -0.490 e. The summed E-state index contributed by atoms with van der Waals surface area (Å²) >= 11 is 6.49. The van der Waals surface area contributed by atoms with E-state index in [1.807, 2.05) is 18.2 Å². The van der Waals surface area contributed by atoms with Crippen molar-refractivity contribution in [3.8, 4) is 11.5 Å². The predicted molar refractivity (Wildman–Crippen MR) is 128 cm³/mol. The summed E-state index contributed by atoms with van der Waals surface area (Å²) in [4.78, 5) is 10.3. The molecule has 0 spiro atoms. The number of hydrogen-bond acceptors (Lipinski definition) is 7. The average molecular weight is 574 g/mol. The van der Waals surface area contributed by atoms with Crippen LogP contribution in [0.25, 0.3) is 0 Å². The second kappa shape index (κ2) is 12.4. The van der Waals surface area contributed by atoms with E-state index >= 15 is 0 Å². The van der Waals surface area contributed by atoms with Gasteiger partial charge in [0.2, 0.25) is 0 Å². The maximum Gasteiger partial charge on any atom is 0.287 e. The SMILES string of the molecule is Nc1cc(OC2CCOCC2)ccc1Br.O=[N+]([O-])c1cc(OC2CCOCC2)ccc1Br. The lowest BCUT2D eigenvalue weighted by Gasteiger charge is -2.23. The number of nitrogens with zero attached hydrogens (tertiary/aromatic N) is 1. The van der Waals surface area contributed by atoms with Gasteiger partial charge in [-0.15, -0.1) is 0 Å². The Hall–Kier alpha value is -1.88. The van der Waals surface area contributed by atoms with E-state index in [4.69, 9.17) is 24.7 Å². The molecule has 0 saturated carbocycles. The van der Waals surface area contributed by atoms with Crippen molar-refractivity contribution in [3.63, 3.8) is 0 Å². The van der Waals surface area contributed by atoms with Crippen LogP contribution >= 0.6 is 31.9 Å². The van der Waals surface area contributed by atoms with E-state index in [1.165, 1.54) is 6.07 Å². The monoisotopic (exact) mass is 572 g/mol. The van der Waals surface area contributed by atoms with Crippen molar-refractivity contribution >= 4 is 43.2 Å². The number of benzene rings is 2. The van der Waals surface area contributed by atoms with Crippen LogP contribution < -0.4 is 15.2 Å². The molecule has 2 aromatic rings. The van der Waals surface area contributed by atoms with Crippen LogP contribution in [0.3, 0.4) is 0 Å². The van der Waals surface area contributed by atoms with E-state index in [0.717, 1.165) is 49.1 Å². The Morgan fingerprint density at radius 1 is 0.844 bits per heavy atom. The summed E-state index contributed by atoms with van der Waals surface area (Å²) in [5.74, 6) is 1.37. The lowest BCUT2D eigenvalue weighted by molar-refractivity contribution is -0.385. The first kappa shape index (κ1) is 24.8.